The number of hydrogen-bond acceptors (Lipinski definition) is 2. The molecule has 0 aliphatic carbocycles. The van der Waals surface area contributed by atoms with Gasteiger partial charge in [-0.3, -0.25) is 9.59 Å². The maximum atomic E-state index is 13.3. The fraction of sp³-hybridized carbons (Fsp3) is 0.200. The lowest BCUT2D eigenvalue weighted by Crippen LogP contribution is -2.32. The Hall–Kier alpha value is -1.62. The first-order valence-electron chi connectivity index (χ1n) is 4.34. The number of carbonyl (C=O) groups is 2. The van der Waals surface area contributed by atoms with E-state index in [1.807, 2.05) is 0 Å². The molecule has 4 nitrogen and oxygen atoms in total. The Kier molecular flexibility index (Phi) is 3.84. The van der Waals surface area contributed by atoms with E-state index in [1.165, 1.54) is 19.2 Å². The smallest absolute Gasteiger partial charge is 0.323 e. The Morgan fingerprint density at radius 1 is 1.50 bits per heavy atom. The highest BCUT2D eigenvalue weighted by molar-refractivity contribution is 6.33. The monoisotopic (exact) mass is 245 g/mol. The van der Waals surface area contributed by atoms with Crippen LogP contribution in [0.5, 0.6) is 0 Å². The van der Waals surface area contributed by atoms with Gasteiger partial charge in [-0.05, 0) is 12.1 Å². The van der Waals surface area contributed by atoms with Gasteiger partial charge in [0.15, 0.2) is 0 Å². The molecule has 6 heteroatoms. The Labute approximate surface area is 96.2 Å². The highest BCUT2D eigenvalue weighted by Gasteiger charge is 2.20. The topological polar surface area (TPSA) is 57.6 Å². The summed E-state index contributed by atoms with van der Waals surface area (Å²) in [6, 6.07) is 3.83. The van der Waals surface area contributed by atoms with Crippen LogP contribution in [0.2, 0.25) is 5.02 Å². The van der Waals surface area contributed by atoms with E-state index in [9.17, 15) is 14.0 Å². The largest absolute Gasteiger partial charge is 0.480 e. The van der Waals surface area contributed by atoms with Gasteiger partial charge in [-0.1, -0.05) is 17.7 Å². The van der Waals surface area contributed by atoms with Gasteiger partial charge >= 0.3 is 5.97 Å². The average molecular weight is 246 g/mol. The first-order valence-corrected chi connectivity index (χ1v) is 4.72. The predicted molar refractivity (Wildman–Crippen MR) is 56.0 cm³/mol. The molecule has 0 atom stereocenters. The molecule has 0 fully saturated rings. The van der Waals surface area contributed by atoms with Crippen LogP contribution in [0.3, 0.4) is 0 Å². The van der Waals surface area contributed by atoms with Crippen molar-refractivity contribution in [3.8, 4) is 0 Å². The molecule has 1 aromatic carbocycles. The highest BCUT2D eigenvalue weighted by atomic mass is 35.5. The van der Waals surface area contributed by atoms with E-state index in [-0.39, 0.29) is 10.6 Å². The number of aliphatic carboxylic acids is 1. The van der Waals surface area contributed by atoms with Gasteiger partial charge in [0.2, 0.25) is 0 Å². The van der Waals surface area contributed by atoms with Crippen LogP contribution in [0.25, 0.3) is 0 Å². The quantitative estimate of drug-likeness (QED) is 0.881. The number of carboxylic acid groups (broad SMARTS) is 1. The van der Waals surface area contributed by atoms with Crippen LogP contribution in [0.15, 0.2) is 18.2 Å². The number of nitrogens with zero attached hydrogens (tertiary/aromatic N) is 1. The predicted octanol–water partition coefficient (Wildman–Crippen LogP) is 1.64. The molecule has 0 aliphatic heterocycles. The van der Waals surface area contributed by atoms with Crippen LogP contribution >= 0.6 is 11.6 Å². The second kappa shape index (κ2) is 4.94. The lowest BCUT2D eigenvalue weighted by Gasteiger charge is -2.15. The van der Waals surface area contributed by atoms with Gasteiger partial charge in [-0.2, -0.15) is 0 Å². The van der Waals surface area contributed by atoms with E-state index in [0.717, 1.165) is 11.0 Å². The lowest BCUT2D eigenvalue weighted by molar-refractivity contribution is -0.137. The third kappa shape index (κ3) is 2.70. The summed E-state index contributed by atoms with van der Waals surface area (Å²) in [5, 5.41) is 8.46. The Morgan fingerprint density at radius 2 is 2.12 bits per heavy atom. The number of rotatable bonds is 3. The van der Waals surface area contributed by atoms with E-state index in [2.05, 4.69) is 0 Å². The zero-order chi connectivity index (χ0) is 12.3. The molecular weight excluding hydrogens is 237 g/mol. The van der Waals surface area contributed by atoms with Crippen molar-refractivity contribution in [3.05, 3.63) is 34.6 Å². The molecule has 0 radical (unpaired) electrons. The normalized spacial score (nSPS) is 9.94. The maximum Gasteiger partial charge on any atom is 0.323 e. The van der Waals surface area contributed by atoms with Gasteiger partial charge in [0.05, 0.1) is 10.6 Å². The summed E-state index contributed by atoms with van der Waals surface area (Å²) in [5.41, 5.74) is -0.312. The van der Waals surface area contributed by atoms with Gasteiger partial charge in [0, 0.05) is 7.05 Å². The molecule has 0 aromatic heterocycles. The highest BCUT2D eigenvalue weighted by Crippen LogP contribution is 2.20. The summed E-state index contributed by atoms with van der Waals surface area (Å²) in [6.07, 6.45) is 0. The molecule has 0 aliphatic rings. The van der Waals surface area contributed by atoms with Crippen LogP contribution in [0.1, 0.15) is 10.4 Å². The molecule has 1 N–H and O–H groups in total. The molecular formula is C10H9ClFNO3. The van der Waals surface area contributed by atoms with Gasteiger partial charge in [0.25, 0.3) is 5.91 Å². The summed E-state index contributed by atoms with van der Waals surface area (Å²) in [5.74, 6) is -2.71. The van der Waals surface area contributed by atoms with Crippen molar-refractivity contribution in [1.82, 2.24) is 4.90 Å². The molecule has 1 amide bonds. The number of benzene rings is 1. The van der Waals surface area contributed by atoms with E-state index in [4.69, 9.17) is 16.7 Å². The number of halogens is 2. The van der Waals surface area contributed by atoms with Gasteiger partial charge in [-0.25, -0.2) is 4.39 Å². The number of carboxylic acids is 1. The molecule has 0 bridgehead atoms. The summed E-state index contributed by atoms with van der Waals surface area (Å²) in [7, 11) is 1.26. The van der Waals surface area contributed by atoms with Gasteiger partial charge in [0.1, 0.15) is 12.4 Å². The molecule has 0 saturated heterocycles. The Bertz CT molecular complexity index is 416. The van der Waals surface area contributed by atoms with Crippen molar-refractivity contribution in [3.63, 3.8) is 0 Å². The van der Waals surface area contributed by atoms with Crippen molar-refractivity contribution >= 4 is 23.5 Å². The second-order valence-electron chi connectivity index (χ2n) is 3.15. The first kappa shape index (κ1) is 12.4. The minimum Gasteiger partial charge on any atom is -0.480 e. The van der Waals surface area contributed by atoms with E-state index < -0.39 is 24.2 Å². The number of likely N-dealkylation sites (N-methyl/N-ethyl adjacent to an activating group) is 1. The Balaban J connectivity index is 3.00. The SMILES string of the molecule is CN(CC(=O)O)C(=O)c1c(F)cccc1Cl. The number of carbonyl (C=O) groups excluding carboxylic acids is 1. The molecule has 0 unspecified atom stereocenters. The zero-order valence-electron chi connectivity index (χ0n) is 8.41. The van der Waals surface area contributed by atoms with E-state index >= 15 is 0 Å². The third-order valence-electron chi connectivity index (χ3n) is 1.90. The first-order chi connectivity index (χ1) is 7.43. The maximum absolute atomic E-state index is 13.3. The van der Waals surface area contributed by atoms with Crippen LogP contribution in [-0.4, -0.2) is 35.5 Å². The van der Waals surface area contributed by atoms with Crippen molar-refractivity contribution in [2.24, 2.45) is 0 Å². The minimum atomic E-state index is -1.18. The van der Waals surface area contributed by atoms with Gasteiger partial charge in [-0.15, -0.1) is 0 Å². The van der Waals surface area contributed by atoms with Crippen LogP contribution in [0, 0.1) is 5.82 Å². The van der Waals surface area contributed by atoms with Crippen LogP contribution in [0.4, 0.5) is 4.39 Å². The van der Waals surface area contributed by atoms with E-state index in [0.29, 0.717) is 0 Å². The molecule has 16 heavy (non-hydrogen) atoms. The molecule has 1 aromatic rings. The van der Waals surface area contributed by atoms with Crippen molar-refractivity contribution in [2.75, 3.05) is 13.6 Å². The van der Waals surface area contributed by atoms with E-state index in [1.54, 1.807) is 0 Å². The van der Waals surface area contributed by atoms with Crippen LogP contribution < -0.4 is 0 Å². The fourth-order valence-corrected chi connectivity index (χ4v) is 1.41. The van der Waals surface area contributed by atoms with Crippen LogP contribution in [-0.2, 0) is 4.79 Å². The summed E-state index contributed by atoms with van der Waals surface area (Å²) in [6.45, 7) is -0.510. The molecule has 1 rings (SSSR count). The van der Waals surface area contributed by atoms with Crippen molar-refractivity contribution in [2.45, 2.75) is 0 Å². The minimum absolute atomic E-state index is 0.0396. The molecule has 0 saturated carbocycles. The summed E-state index contributed by atoms with van der Waals surface area (Å²) >= 11 is 5.67. The number of hydrogen-bond donors (Lipinski definition) is 1. The standard InChI is InChI=1S/C10H9ClFNO3/c1-13(5-8(14)15)10(16)9-6(11)3-2-4-7(9)12/h2-4H,5H2,1H3,(H,14,15). The third-order valence-corrected chi connectivity index (χ3v) is 2.21. The van der Waals surface area contributed by atoms with Crippen molar-refractivity contribution in [1.29, 1.82) is 0 Å². The summed E-state index contributed by atoms with van der Waals surface area (Å²) in [4.78, 5) is 22.9. The lowest BCUT2D eigenvalue weighted by atomic mass is 10.2. The zero-order valence-corrected chi connectivity index (χ0v) is 9.16. The molecule has 86 valence electrons. The average Bonchev–Trinajstić information content (AvgIpc) is 2.16. The fourth-order valence-electron chi connectivity index (χ4n) is 1.17. The Morgan fingerprint density at radius 3 is 2.62 bits per heavy atom. The van der Waals surface area contributed by atoms with Gasteiger partial charge < -0.3 is 10.0 Å². The number of amides is 1. The molecule has 0 spiro atoms. The van der Waals surface area contributed by atoms with Crippen molar-refractivity contribution < 1.29 is 19.1 Å². The molecule has 0 heterocycles. The second-order valence-corrected chi connectivity index (χ2v) is 3.56. The summed E-state index contributed by atoms with van der Waals surface area (Å²) < 4.78 is 13.3.